The lowest BCUT2D eigenvalue weighted by Gasteiger charge is -2.23. The summed E-state index contributed by atoms with van der Waals surface area (Å²) in [6, 6.07) is 8.91. The maximum Gasteiger partial charge on any atom is 0.0485 e. The van der Waals surface area contributed by atoms with Crippen molar-refractivity contribution >= 4 is 11.8 Å². The monoisotopic (exact) mass is 238 g/mol. The van der Waals surface area contributed by atoms with Gasteiger partial charge in [-0.3, -0.25) is 11.3 Å². The van der Waals surface area contributed by atoms with Crippen LogP contribution in [0.15, 0.2) is 29.2 Å². The van der Waals surface area contributed by atoms with Gasteiger partial charge in [0, 0.05) is 10.9 Å². The first-order chi connectivity index (χ1) is 7.72. The van der Waals surface area contributed by atoms with Gasteiger partial charge in [0.2, 0.25) is 0 Å². The molecule has 0 aromatic heterocycles. The van der Waals surface area contributed by atoms with E-state index in [0.717, 1.165) is 0 Å². The lowest BCUT2D eigenvalue weighted by atomic mass is 9.91. The van der Waals surface area contributed by atoms with Gasteiger partial charge in [-0.1, -0.05) is 32.4 Å². The van der Waals surface area contributed by atoms with Crippen molar-refractivity contribution in [2.45, 2.75) is 37.6 Å². The van der Waals surface area contributed by atoms with Crippen molar-refractivity contribution in [3.8, 4) is 0 Å². The first kappa shape index (κ1) is 13.6. The highest BCUT2D eigenvalue weighted by Gasteiger charge is 2.16. The van der Waals surface area contributed by atoms with Gasteiger partial charge in [0.25, 0.3) is 0 Å². The van der Waals surface area contributed by atoms with Crippen molar-refractivity contribution in [2.24, 2.45) is 11.8 Å². The van der Waals surface area contributed by atoms with Crippen LogP contribution in [0, 0.1) is 5.92 Å². The summed E-state index contributed by atoms with van der Waals surface area (Å²) in [7, 11) is 0. The van der Waals surface area contributed by atoms with E-state index in [1.807, 2.05) is 0 Å². The van der Waals surface area contributed by atoms with E-state index in [1.54, 1.807) is 11.8 Å². The van der Waals surface area contributed by atoms with E-state index < -0.39 is 0 Å². The first-order valence-corrected chi connectivity index (χ1v) is 7.05. The highest BCUT2D eigenvalue weighted by molar-refractivity contribution is 7.98. The van der Waals surface area contributed by atoms with E-state index in [0.29, 0.717) is 5.92 Å². The van der Waals surface area contributed by atoms with Crippen LogP contribution in [0.3, 0.4) is 0 Å². The molecule has 90 valence electrons. The minimum Gasteiger partial charge on any atom is -0.271 e. The molecule has 0 aliphatic heterocycles. The summed E-state index contributed by atoms with van der Waals surface area (Å²) in [6.45, 7) is 4.46. The molecule has 1 aromatic rings. The molecule has 0 radical (unpaired) electrons. The van der Waals surface area contributed by atoms with E-state index in [4.69, 9.17) is 5.84 Å². The van der Waals surface area contributed by atoms with Gasteiger partial charge in [0.1, 0.15) is 0 Å². The quantitative estimate of drug-likeness (QED) is 0.453. The van der Waals surface area contributed by atoms with Crippen LogP contribution in [-0.4, -0.2) is 6.26 Å². The number of hydrazine groups is 1. The molecule has 0 saturated heterocycles. The number of rotatable bonds is 6. The number of nitrogens with two attached hydrogens (primary N) is 1. The van der Waals surface area contributed by atoms with Crippen molar-refractivity contribution in [1.29, 1.82) is 0 Å². The van der Waals surface area contributed by atoms with Crippen LogP contribution in [0.2, 0.25) is 0 Å². The summed E-state index contributed by atoms with van der Waals surface area (Å²) in [5, 5.41) is 0. The SMILES string of the molecule is CCCC(C)C(NN)c1ccc(SC)cc1. The number of thioether (sulfide) groups is 1. The molecule has 3 heteroatoms. The molecule has 0 fully saturated rings. The molecule has 0 spiro atoms. The van der Waals surface area contributed by atoms with Crippen LogP contribution in [0.25, 0.3) is 0 Å². The van der Waals surface area contributed by atoms with Crippen molar-refractivity contribution < 1.29 is 0 Å². The summed E-state index contributed by atoms with van der Waals surface area (Å²) < 4.78 is 0. The molecule has 0 aliphatic rings. The molecule has 16 heavy (non-hydrogen) atoms. The zero-order valence-corrected chi connectivity index (χ0v) is 11.2. The second-order valence-corrected chi connectivity index (χ2v) is 5.06. The van der Waals surface area contributed by atoms with Crippen LogP contribution in [0.4, 0.5) is 0 Å². The maximum atomic E-state index is 5.65. The van der Waals surface area contributed by atoms with E-state index in [9.17, 15) is 0 Å². The average molecular weight is 238 g/mol. The van der Waals surface area contributed by atoms with Gasteiger partial charge in [-0.05, 0) is 36.3 Å². The Morgan fingerprint density at radius 3 is 2.38 bits per heavy atom. The fraction of sp³-hybridized carbons (Fsp3) is 0.538. The lowest BCUT2D eigenvalue weighted by Crippen LogP contribution is -2.32. The molecule has 0 saturated carbocycles. The van der Waals surface area contributed by atoms with Crippen molar-refractivity contribution in [1.82, 2.24) is 5.43 Å². The molecule has 2 atom stereocenters. The molecule has 3 N–H and O–H groups in total. The topological polar surface area (TPSA) is 38.0 Å². The zero-order valence-electron chi connectivity index (χ0n) is 10.4. The fourth-order valence-electron chi connectivity index (χ4n) is 2.02. The van der Waals surface area contributed by atoms with E-state index in [-0.39, 0.29) is 6.04 Å². The Balaban J connectivity index is 2.78. The Bertz CT molecular complexity index is 297. The van der Waals surface area contributed by atoms with Crippen LogP contribution in [0.5, 0.6) is 0 Å². The third-order valence-electron chi connectivity index (χ3n) is 2.97. The Morgan fingerprint density at radius 1 is 1.31 bits per heavy atom. The molecular weight excluding hydrogens is 216 g/mol. The summed E-state index contributed by atoms with van der Waals surface area (Å²) in [5.74, 6) is 6.22. The largest absolute Gasteiger partial charge is 0.271 e. The van der Waals surface area contributed by atoms with Crippen LogP contribution in [0.1, 0.15) is 38.3 Å². The lowest BCUT2D eigenvalue weighted by molar-refractivity contribution is 0.368. The van der Waals surface area contributed by atoms with E-state index >= 15 is 0 Å². The molecule has 1 aromatic carbocycles. The summed E-state index contributed by atoms with van der Waals surface area (Å²) in [5.41, 5.74) is 4.21. The van der Waals surface area contributed by atoms with Gasteiger partial charge >= 0.3 is 0 Å². The highest BCUT2D eigenvalue weighted by atomic mass is 32.2. The average Bonchev–Trinajstić information content (AvgIpc) is 2.31. The molecule has 1 rings (SSSR count). The van der Waals surface area contributed by atoms with Crippen molar-refractivity contribution in [3.05, 3.63) is 29.8 Å². The highest BCUT2D eigenvalue weighted by Crippen LogP contribution is 2.26. The number of nitrogens with one attached hydrogen (secondary N) is 1. The molecule has 2 nitrogen and oxygen atoms in total. The normalized spacial score (nSPS) is 14.8. The van der Waals surface area contributed by atoms with Crippen LogP contribution in [-0.2, 0) is 0 Å². The third kappa shape index (κ3) is 3.51. The predicted molar refractivity (Wildman–Crippen MR) is 72.4 cm³/mol. The third-order valence-corrected chi connectivity index (χ3v) is 3.71. The molecule has 0 bridgehead atoms. The predicted octanol–water partition coefficient (Wildman–Crippen LogP) is 3.35. The minimum atomic E-state index is 0.260. The van der Waals surface area contributed by atoms with Crippen molar-refractivity contribution in [2.75, 3.05) is 6.26 Å². The van der Waals surface area contributed by atoms with E-state index in [1.165, 1.54) is 23.3 Å². The number of hydrogen-bond donors (Lipinski definition) is 2. The maximum absolute atomic E-state index is 5.65. The number of hydrogen-bond acceptors (Lipinski definition) is 3. The van der Waals surface area contributed by atoms with E-state index in [2.05, 4.69) is 49.8 Å². The Kier molecular flexibility index (Phi) is 5.88. The van der Waals surface area contributed by atoms with Gasteiger partial charge < -0.3 is 0 Å². The Hall–Kier alpha value is -0.510. The van der Waals surface area contributed by atoms with Gasteiger partial charge in [-0.15, -0.1) is 11.8 Å². The minimum absolute atomic E-state index is 0.260. The summed E-state index contributed by atoms with van der Waals surface area (Å²) in [6.07, 6.45) is 4.48. The second kappa shape index (κ2) is 6.94. The second-order valence-electron chi connectivity index (χ2n) is 4.18. The standard InChI is InChI=1S/C13H22N2S/c1-4-5-10(2)13(15-14)11-6-8-12(16-3)9-7-11/h6-10,13,15H,4-5,14H2,1-3H3. The molecule has 2 unspecified atom stereocenters. The molecule has 0 aliphatic carbocycles. The zero-order chi connectivity index (χ0) is 12.0. The summed E-state index contributed by atoms with van der Waals surface area (Å²) in [4.78, 5) is 1.29. The fourth-order valence-corrected chi connectivity index (χ4v) is 2.43. The van der Waals surface area contributed by atoms with Crippen LogP contribution >= 0.6 is 11.8 Å². The molecule has 0 heterocycles. The smallest absolute Gasteiger partial charge is 0.0485 e. The Labute approximate surface area is 103 Å². The Morgan fingerprint density at radius 2 is 1.94 bits per heavy atom. The molecular formula is C13H22N2S. The van der Waals surface area contributed by atoms with Gasteiger partial charge in [0.05, 0.1) is 0 Å². The first-order valence-electron chi connectivity index (χ1n) is 5.83. The van der Waals surface area contributed by atoms with Crippen LogP contribution < -0.4 is 11.3 Å². The summed E-state index contributed by atoms with van der Waals surface area (Å²) >= 11 is 1.76. The number of benzene rings is 1. The molecule has 0 amide bonds. The van der Waals surface area contributed by atoms with Gasteiger partial charge in [0.15, 0.2) is 0 Å². The van der Waals surface area contributed by atoms with Crippen molar-refractivity contribution in [3.63, 3.8) is 0 Å². The van der Waals surface area contributed by atoms with Gasteiger partial charge in [-0.2, -0.15) is 0 Å². The van der Waals surface area contributed by atoms with Gasteiger partial charge in [-0.25, -0.2) is 0 Å².